The summed E-state index contributed by atoms with van der Waals surface area (Å²) in [6.07, 6.45) is 0.0321. The molecule has 1 aliphatic rings. The maximum absolute atomic E-state index is 13.2. The second kappa shape index (κ2) is 16.7. The normalized spacial score (nSPS) is 14.3. The molecule has 48 heavy (non-hydrogen) atoms. The van der Waals surface area contributed by atoms with Crippen LogP contribution in [0.4, 0.5) is 0 Å². The summed E-state index contributed by atoms with van der Waals surface area (Å²) in [5, 5.41) is 5.23. The Morgan fingerprint density at radius 1 is 0.854 bits per heavy atom. The number of hydrogen-bond acceptors (Lipinski definition) is 8. The van der Waals surface area contributed by atoms with Crippen LogP contribution in [0, 0.1) is 0 Å². The van der Waals surface area contributed by atoms with Crippen molar-refractivity contribution in [3.63, 3.8) is 0 Å². The third-order valence-electron chi connectivity index (χ3n) is 7.59. The highest BCUT2D eigenvalue weighted by Gasteiger charge is 2.29. The lowest BCUT2D eigenvalue weighted by atomic mass is 10.0. The number of nitrogens with zero attached hydrogens (tertiary/aromatic N) is 1. The summed E-state index contributed by atoms with van der Waals surface area (Å²) in [5.41, 5.74) is 2.75. The van der Waals surface area contributed by atoms with E-state index < -0.39 is 33.7 Å². The van der Waals surface area contributed by atoms with Gasteiger partial charge in [0.2, 0.25) is 15.8 Å². The molecule has 3 N–H and O–H groups in total. The van der Waals surface area contributed by atoms with Gasteiger partial charge in [-0.3, -0.25) is 19.3 Å². The smallest absolute Gasteiger partial charge is 0.289 e. The number of amides is 2. The molecule has 5 rings (SSSR count). The molecule has 1 atom stereocenters. The van der Waals surface area contributed by atoms with Crippen LogP contribution in [0.2, 0.25) is 10.0 Å². The first kappa shape index (κ1) is 35.7. The summed E-state index contributed by atoms with van der Waals surface area (Å²) in [5.74, 6) is -2.59. The lowest BCUT2D eigenvalue weighted by Crippen LogP contribution is -2.49. The summed E-state index contributed by atoms with van der Waals surface area (Å²) < 4.78 is 34.1. The van der Waals surface area contributed by atoms with E-state index in [0.717, 1.165) is 47.0 Å². The van der Waals surface area contributed by atoms with E-state index >= 15 is 0 Å². The van der Waals surface area contributed by atoms with Crippen molar-refractivity contribution in [2.45, 2.75) is 23.2 Å². The zero-order valence-corrected chi connectivity index (χ0v) is 28.9. The van der Waals surface area contributed by atoms with Crippen LogP contribution in [0.3, 0.4) is 0 Å². The van der Waals surface area contributed by atoms with Crippen LogP contribution in [-0.4, -0.2) is 76.3 Å². The van der Waals surface area contributed by atoms with Crippen LogP contribution in [0.5, 0.6) is 0 Å². The summed E-state index contributed by atoms with van der Waals surface area (Å²) in [4.78, 5) is 42.3. The summed E-state index contributed by atoms with van der Waals surface area (Å²) in [7, 11) is -3.88. The van der Waals surface area contributed by atoms with Crippen molar-refractivity contribution in [3.05, 3.63) is 112 Å². The van der Waals surface area contributed by atoms with Gasteiger partial charge in [-0.2, -0.15) is 0 Å². The van der Waals surface area contributed by atoms with Gasteiger partial charge in [0.15, 0.2) is 0 Å². The predicted molar refractivity (Wildman–Crippen MR) is 187 cm³/mol. The molecule has 0 unspecified atom stereocenters. The van der Waals surface area contributed by atoms with E-state index in [1.165, 1.54) is 12.1 Å². The number of halogens is 2. The highest BCUT2D eigenvalue weighted by Crippen LogP contribution is 2.31. The molecule has 14 heteroatoms. The van der Waals surface area contributed by atoms with Crippen LogP contribution in [-0.2, 0) is 37.3 Å². The van der Waals surface area contributed by atoms with Crippen molar-refractivity contribution in [3.8, 4) is 10.4 Å². The van der Waals surface area contributed by atoms with Gasteiger partial charge in [0.25, 0.3) is 11.8 Å². The number of thiophene rings is 1. The molecule has 252 valence electrons. The fourth-order valence-corrected chi connectivity index (χ4v) is 8.09. The first-order valence-corrected chi connectivity index (χ1v) is 18.3. The standard InChI is InChI=1S/C34H34Cl2N4O6S2/c35-26-10-5-11-27(36)31(26)33(42)39-28(21-23-6-2-1-3-7-23)32(41)34(43)37-14-15-38-48(44,45)30-13-12-29(47-30)25-9-4-8-24(20-25)22-40-16-18-46-19-17-40/h1-13,20,28,38H,14-19,21-22H2,(H,37,43)(H,39,42)/t28-/m0/s1. The number of rotatable bonds is 14. The summed E-state index contributed by atoms with van der Waals surface area (Å²) >= 11 is 13.5. The second-order valence-electron chi connectivity index (χ2n) is 11.0. The van der Waals surface area contributed by atoms with Gasteiger partial charge < -0.3 is 15.4 Å². The molecule has 3 aromatic carbocycles. The highest BCUT2D eigenvalue weighted by atomic mass is 35.5. The molecule has 0 aliphatic carbocycles. The Kier molecular flexibility index (Phi) is 12.4. The Labute approximate surface area is 293 Å². The first-order chi connectivity index (χ1) is 23.1. The quantitative estimate of drug-likeness (QED) is 0.128. The lowest BCUT2D eigenvalue weighted by Gasteiger charge is -2.26. The summed E-state index contributed by atoms with van der Waals surface area (Å²) in [6, 6.07) is 23.5. The molecular weight excluding hydrogens is 695 g/mol. The Bertz CT molecular complexity index is 1840. The zero-order valence-electron chi connectivity index (χ0n) is 25.8. The molecule has 1 aromatic heterocycles. The fraction of sp³-hybridized carbons (Fsp3) is 0.265. The number of nitrogens with one attached hydrogen (secondary N) is 3. The molecule has 0 spiro atoms. The van der Waals surface area contributed by atoms with E-state index in [4.69, 9.17) is 27.9 Å². The molecule has 1 aliphatic heterocycles. The van der Waals surface area contributed by atoms with E-state index in [1.54, 1.807) is 48.5 Å². The molecule has 1 fully saturated rings. The maximum atomic E-state index is 13.2. The number of carbonyl (C=O) groups excluding carboxylic acids is 3. The van der Waals surface area contributed by atoms with Crippen LogP contribution in [0.15, 0.2) is 89.1 Å². The Balaban J connectivity index is 1.17. The third kappa shape index (κ3) is 9.50. The minimum atomic E-state index is -3.88. The Hall–Kier alpha value is -3.62. The van der Waals surface area contributed by atoms with Crippen LogP contribution < -0.4 is 15.4 Å². The third-order valence-corrected chi connectivity index (χ3v) is 11.3. The number of ketones is 1. The minimum absolute atomic E-state index is 0.0149. The van der Waals surface area contributed by atoms with Gasteiger partial charge in [-0.05, 0) is 47.0 Å². The Morgan fingerprint density at radius 3 is 2.27 bits per heavy atom. The summed E-state index contributed by atoms with van der Waals surface area (Å²) in [6.45, 7) is 3.64. The molecule has 2 heterocycles. The lowest BCUT2D eigenvalue weighted by molar-refractivity contribution is -0.138. The largest absolute Gasteiger partial charge is 0.379 e. The van der Waals surface area contributed by atoms with Crippen molar-refractivity contribution in [2.75, 3.05) is 39.4 Å². The SMILES string of the molecule is O=C(NCCNS(=O)(=O)c1ccc(-c2cccc(CN3CCOCC3)c2)s1)C(=O)[C@H](Cc1ccccc1)NC(=O)c1c(Cl)cccc1Cl. The topological polar surface area (TPSA) is 134 Å². The Morgan fingerprint density at radius 2 is 1.54 bits per heavy atom. The van der Waals surface area contributed by atoms with Crippen molar-refractivity contribution in [2.24, 2.45) is 0 Å². The van der Waals surface area contributed by atoms with E-state index in [1.807, 2.05) is 12.1 Å². The minimum Gasteiger partial charge on any atom is -0.379 e. The van der Waals surface area contributed by atoms with Crippen LogP contribution in [0.1, 0.15) is 21.5 Å². The van der Waals surface area contributed by atoms with Crippen molar-refractivity contribution in [1.29, 1.82) is 0 Å². The van der Waals surface area contributed by atoms with Crippen molar-refractivity contribution in [1.82, 2.24) is 20.3 Å². The molecule has 0 bridgehead atoms. The molecule has 0 saturated carbocycles. The fourth-order valence-electron chi connectivity index (χ4n) is 5.14. The number of carbonyl (C=O) groups is 3. The average molecular weight is 730 g/mol. The second-order valence-corrected chi connectivity index (χ2v) is 14.9. The maximum Gasteiger partial charge on any atom is 0.289 e. The van der Waals surface area contributed by atoms with E-state index in [0.29, 0.717) is 18.8 Å². The molecular formula is C34H34Cl2N4O6S2. The van der Waals surface area contributed by atoms with Crippen molar-refractivity contribution < 1.29 is 27.5 Å². The van der Waals surface area contributed by atoms with E-state index in [-0.39, 0.29) is 39.3 Å². The van der Waals surface area contributed by atoms with E-state index in [9.17, 15) is 22.8 Å². The van der Waals surface area contributed by atoms with Gasteiger partial charge in [-0.15, -0.1) is 11.3 Å². The van der Waals surface area contributed by atoms with Gasteiger partial charge >= 0.3 is 0 Å². The molecule has 2 amide bonds. The van der Waals surface area contributed by atoms with Gasteiger partial charge in [-0.1, -0.05) is 77.8 Å². The monoisotopic (exact) mass is 728 g/mol. The molecule has 1 saturated heterocycles. The average Bonchev–Trinajstić information content (AvgIpc) is 3.59. The number of ether oxygens (including phenoxy) is 1. The highest BCUT2D eigenvalue weighted by molar-refractivity contribution is 7.91. The predicted octanol–water partition coefficient (Wildman–Crippen LogP) is 4.56. The van der Waals surface area contributed by atoms with Gasteiger partial charge in [-0.25, -0.2) is 13.1 Å². The van der Waals surface area contributed by atoms with Gasteiger partial charge in [0, 0.05) is 44.0 Å². The van der Waals surface area contributed by atoms with Crippen LogP contribution >= 0.6 is 34.5 Å². The number of Topliss-reactive ketones (excluding diaryl/α,β-unsaturated/α-hetero) is 1. The number of morpholine rings is 1. The van der Waals surface area contributed by atoms with E-state index in [2.05, 4.69) is 32.4 Å². The van der Waals surface area contributed by atoms with Gasteiger partial charge in [0.1, 0.15) is 10.3 Å². The number of hydrogen-bond donors (Lipinski definition) is 3. The molecule has 0 radical (unpaired) electrons. The zero-order chi connectivity index (χ0) is 34.1. The number of sulfonamides is 1. The molecule has 4 aromatic rings. The number of benzene rings is 3. The first-order valence-electron chi connectivity index (χ1n) is 15.2. The molecule has 10 nitrogen and oxygen atoms in total. The van der Waals surface area contributed by atoms with Crippen molar-refractivity contribution >= 4 is 62.2 Å². The van der Waals surface area contributed by atoms with Crippen LogP contribution in [0.25, 0.3) is 10.4 Å². The van der Waals surface area contributed by atoms with Gasteiger partial charge in [0.05, 0.1) is 28.8 Å².